The van der Waals surface area contributed by atoms with Crippen LogP contribution in [0.5, 0.6) is 5.75 Å². The lowest BCUT2D eigenvalue weighted by Crippen LogP contribution is -2.18. The molecule has 96 valence electrons. The molecule has 1 N–H and O–H groups in total. The Morgan fingerprint density at radius 1 is 1.22 bits per heavy atom. The second-order valence-corrected chi connectivity index (χ2v) is 4.86. The fourth-order valence-electron chi connectivity index (χ4n) is 2.51. The Kier molecular flexibility index (Phi) is 4.46. The molecule has 0 unspecified atom stereocenters. The molecule has 0 aliphatic heterocycles. The van der Waals surface area contributed by atoms with Crippen LogP contribution in [0.3, 0.4) is 0 Å². The predicted molar refractivity (Wildman–Crippen MR) is 72.8 cm³/mol. The van der Waals surface area contributed by atoms with E-state index in [0.717, 1.165) is 11.4 Å². The average molecular weight is 244 g/mol. The van der Waals surface area contributed by atoms with Crippen molar-refractivity contribution in [2.45, 2.75) is 44.6 Å². The fraction of sp³-hybridized carbons (Fsp3) is 0.533. The number of hydrogen-bond donors (Lipinski definition) is 1. The summed E-state index contributed by atoms with van der Waals surface area (Å²) in [6.07, 6.45) is 7.62. The quantitative estimate of drug-likeness (QED) is 0.824. The Morgan fingerprint density at radius 3 is 2.56 bits per heavy atom. The molecule has 0 aromatic heterocycles. The van der Waals surface area contributed by atoms with Crippen molar-refractivity contribution in [3.05, 3.63) is 23.8 Å². The van der Waals surface area contributed by atoms with Gasteiger partial charge >= 0.3 is 0 Å². The molecule has 3 nitrogen and oxygen atoms in total. The Hall–Kier alpha value is -1.69. The van der Waals surface area contributed by atoms with E-state index in [2.05, 4.69) is 11.4 Å². The number of anilines is 1. The summed E-state index contributed by atoms with van der Waals surface area (Å²) in [5, 5.41) is 12.6. The highest BCUT2D eigenvalue weighted by atomic mass is 16.5. The fourth-order valence-corrected chi connectivity index (χ4v) is 2.51. The van der Waals surface area contributed by atoms with Crippen LogP contribution in [0.1, 0.15) is 44.1 Å². The van der Waals surface area contributed by atoms with Crippen molar-refractivity contribution in [3.8, 4) is 11.8 Å². The molecule has 1 aliphatic carbocycles. The Morgan fingerprint density at radius 2 is 1.94 bits per heavy atom. The number of ether oxygens (including phenoxy) is 1. The summed E-state index contributed by atoms with van der Waals surface area (Å²) >= 11 is 0. The number of nitriles is 1. The van der Waals surface area contributed by atoms with Crippen LogP contribution in [0.4, 0.5) is 5.69 Å². The molecule has 0 amide bonds. The molecular weight excluding hydrogens is 224 g/mol. The van der Waals surface area contributed by atoms with Gasteiger partial charge in [-0.25, -0.2) is 0 Å². The van der Waals surface area contributed by atoms with E-state index in [0.29, 0.717) is 11.6 Å². The maximum absolute atomic E-state index is 9.14. The molecular formula is C15H20N2O. The number of nitrogens with one attached hydrogen (secondary N) is 1. The maximum Gasteiger partial charge on any atom is 0.121 e. The van der Waals surface area contributed by atoms with Crippen LogP contribution in [0.15, 0.2) is 18.2 Å². The zero-order valence-electron chi connectivity index (χ0n) is 10.9. The molecule has 18 heavy (non-hydrogen) atoms. The Bertz CT molecular complexity index is 429. The molecule has 0 spiro atoms. The summed E-state index contributed by atoms with van der Waals surface area (Å²) in [7, 11) is 1.65. The topological polar surface area (TPSA) is 45.0 Å². The predicted octanol–water partition coefficient (Wildman–Crippen LogP) is 3.70. The minimum absolute atomic E-state index is 0.492. The normalized spacial score (nSPS) is 16.7. The van der Waals surface area contributed by atoms with Gasteiger partial charge in [-0.1, -0.05) is 25.7 Å². The summed E-state index contributed by atoms with van der Waals surface area (Å²) < 4.78 is 5.22. The van der Waals surface area contributed by atoms with Gasteiger partial charge in [0.05, 0.1) is 18.4 Å². The molecule has 1 fully saturated rings. The van der Waals surface area contributed by atoms with Gasteiger partial charge in [0.25, 0.3) is 0 Å². The standard InChI is InChI=1S/C15H20N2O/c1-18-14-9-8-12(11-16)15(10-14)17-13-6-4-2-3-5-7-13/h8-10,13,17H,2-7H2,1H3. The summed E-state index contributed by atoms with van der Waals surface area (Å²) in [4.78, 5) is 0. The Labute approximate surface area is 109 Å². The molecule has 1 saturated carbocycles. The second kappa shape index (κ2) is 6.30. The lowest BCUT2D eigenvalue weighted by molar-refractivity contribution is 0.415. The summed E-state index contributed by atoms with van der Waals surface area (Å²) in [5.74, 6) is 0.796. The van der Waals surface area contributed by atoms with Gasteiger partial charge in [0.15, 0.2) is 0 Å². The van der Waals surface area contributed by atoms with Gasteiger partial charge in [0.1, 0.15) is 11.8 Å². The molecule has 0 saturated heterocycles. The third kappa shape index (κ3) is 3.16. The minimum Gasteiger partial charge on any atom is -0.497 e. The lowest BCUT2D eigenvalue weighted by Gasteiger charge is -2.19. The van der Waals surface area contributed by atoms with Gasteiger partial charge in [-0.05, 0) is 25.0 Å². The van der Waals surface area contributed by atoms with Crippen molar-refractivity contribution in [1.29, 1.82) is 5.26 Å². The van der Waals surface area contributed by atoms with E-state index < -0.39 is 0 Å². The second-order valence-electron chi connectivity index (χ2n) is 4.86. The van der Waals surface area contributed by atoms with Crippen LogP contribution in [0.2, 0.25) is 0 Å². The van der Waals surface area contributed by atoms with Crippen molar-refractivity contribution in [1.82, 2.24) is 0 Å². The smallest absolute Gasteiger partial charge is 0.121 e. The molecule has 1 aromatic rings. The van der Waals surface area contributed by atoms with Crippen molar-refractivity contribution in [2.75, 3.05) is 12.4 Å². The van der Waals surface area contributed by atoms with Crippen LogP contribution in [0.25, 0.3) is 0 Å². The molecule has 0 bridgehead atoms. The summed E-state index contributed by atoms with van der Waals surface area (Å²) in [6, 6.07) is 8.29. The first-order valence-corrected chi connectivity index (χ1v) is 6.68. The van der Waals surface area contributed by atoms with Gasteiger partial charge in [0.2, 0.25) is 0 Å². The van der Waals surface area contributed by atoms with Gasteiger partial charge in [-0.15, -0.1) is 0 Å². The van der Waals surface area contributed by atoms with Gasteiger partial charge in [0, 0.05) is 12.1 Å². The third-order valence-corrected chi connectivity index (χ3v) is 3.56. The van der Waals surface area contributed by atoms with Crippen LogP contribution >= 0.6 is 0 Å². The summed E-state index contributed by atoms with van der Waals surface area (Å²) in [6.45, 7) is 0. The van der Waals surface area contributed by atoms with E-state index in [4.69, 9.17) is 10.00 Å². The molecule has 1 aromatic carbocycles. The van der Waals surface area contributed by atoms with E-state index in [1.807, 2.05) is 18.2 Å². The molecule has 0 heterocycles. The molecule has 1 aliphatic rings. The highest BCUT2D eigenvalue weighted by Crippen LogP contribution is 2.26. The van der Waals surface area contributed by atoms with E-state index in [-0.39, 0.29) is 0 Å². The van der Waals surface area contributed by atoms with Crippen molar-refractivity contribution < 1.29 is 4.74 Å². The zero-order valence-corrected chi connectivity index (χ0v) is 10.9. The zero-order chi connectivity index (χ0) is 12.8. The highest BCUT2D eigenvalue weighted by Gasteiger charge is 2.14. The number of hydrogen-bond acceptors (Lipinski definition) is 3. The number of benzene rings is 1. The van der Waals surface area contributed by atoms with Crippen LogP contribution in [-0.4, -0.2) is 13.2 Å². The van der Waals surface area contributed by atoms with E-state index in [1.54, 1.807) is 7.11 Å². The number of rotatable bonds is 3. The largest absolute Gasteiger partial charge is 0.497 e. The SMILES string of the molecule is COc1ccc(C#N)c(NC2CCCCCC2)c1. The average Bonchev–Trinajstić information content (AvgIpc) is 2.67. The summed E-state index contributed by atoms with van der Waals surface area (Å²) in [5.41, 5.74) is 1.60. The van der Waals surface area contributed by atoms with Gasteiger partial charge < -0.3 is 10.1 Å². The first-order chi connectivity index (χ1) is 8.83. The molecule has 0 radical (unpaired) electrons. The van der Waals surface area contributed by atoms with E-state index >= 15 is 0 Å². The maximum atomic E-state index is 9.14. The van der Waals surface area contributed by atoms with E-state index in [9.17, 15) is 0 Å². The molecule has 3 heteroatoms. The Balaban J connectivity index is 2.13. The number of methoxy groups -OCH3 is 1. The highest BCUT2D eigenvalue weighted by molar-refractivity contribution is 5.60. The number of nitrogens with zero attached hydrogens (tertiary/aromatic N) is 1. The van der Waals surface area contributed by atoms with Crippen LogP contribution in [0, 0.1) is 11.3 Å². The molecule has 2 rings (SSSR count). The first-order valence-electron chi connectivity index (χ1n) is 6.68. The molecule has 0 atom stereocenters. The van der Waals surface area contributed by atoms with Gasteiger partial charge in [-0.2, -0.15) is 5.26 Å². The van der Waals surface area contributed by atoms with E-state index in [1.165, 1.54) is 38.5 Å². The van der Waals surface area contributed by atoms with Crippen LogP contribution in [-0.2, 0) is 0 Å². The van der Waals surface area contributed by atoms with Crippen molar-refractivity contribution in [2.24, 2.45) is 0 Å². The minimum atomic E-state index is 0.492. The van der Waals surface area contributed by atoms with Crippen molar-refractivity contribution in [3.63, 3.8) is 0 Å². The van der Waals surface area contributed by atoms with Gasteiger partial charge in [-0.3, -0.25) is 0 Å². The first kappa shape index (κ1) is 12.8. The lowest BCUT2D eigenvalue weighted by atomic mass is 10.1. The van der Waals surface area contributed by atoms with Crippen molar-refractivity contribution >= 4 is 5.69 Å². The third-order valence-electron chi connectivity index (χ3n) is 3.56. The monoisotopic (exact) mass is 244 g/mol. The van der Waals surface area contributed by atoms with Crippen LogP contribution < -0.4 is 10.1 Å².